The molecule has 0 aliphatic carbocycles. The Bertz CT molecular complexity index is 5770. The highest BCUT2D eigenvalue weighted by atomic mass is 79.9. The maximum Gasteiger partial charge on any atom is 0.494 e. The number of hydrogen-bond acceptors (Lipinski definition) is 26. The van der Waals surface area contributed by atoms with Crippen molar-refractivity contribution in [1.29, 1.82) is 0 Å². The van der Waals surface area contributed by atoms with Gasteiger partial charge in [0.1, 0.15) is 39.9 Å². The summed E-state index contributed by atoms with van der Waals surface area (Å²) in [5.41, 5.74) is 40.5. The van der Waals surface area contributed by atoms with Gasteiger partial charge in [-0.2, -0.15) is 10.2 Å². The van der Waals surface area contributed by atoms with Crippen molar-refractivity contribution in [3.8, 4) is 34.0 Å². The molecular weight excluding hydrogens is 1980 g/mol. The number of nitrogen functional groups attached to an aromatic ring is 5. The number of benzene rings is 6. The van der Waals surface area contributed by atoms with Crippen molar-refractivity contribution in [2.45, 2.75) is 122 Å². The predicted octanol–water partition coefficient (Wildman–Crippen LogP) is 22.7. The van der Waals surface area contributed by atoms with Gasteiger partial charge in [-0.25, -0.2) is 34.9 Å². The Morgan fingerprint density at radius 3 is 1.31 bits per heavy atom. The van der Waals surface area contributed by atoms with Crippen LogP contribution in [0.2, 0.25) is 35.3 Å². The van der Waals surface area contributed by atoms with Gasteiger partial charge in [-0.05, 0) is 180 Å². The lowest BCUT2D eigenvalue weighted by atomic mass is 9.49. The molecule has 0 amide bonds. The minimum absolute atomic E-state index is 0.304. The molecule has 3 saturated heterocycles. The molecule has 0 spiro atoms. The molecule has 14 aromatic rings. The van der Waals surface area contributed by atoms with E-state index >= 15 is 0 Å². The molecule has 116 heavy (non-hydrogen) atoms. The fourth-order valence-electron chi connectivity index (χ4n) is 10.5. The minimum atomic E-state index is -0.476. The standard InChI is InChI=1S/C15H11ClN6S.C13H15BClNO2S.C12H24B2O4.C8H8ClN5.C7H4BrClN2S.C7H3BrClNS.C6H5BrClNS.C6H5BrClN/c1-22-3-2-10(21-22)15-13(18-6-12(17)20-15)8-4-9(16)14-11(5-8)23-7-19-14;1-12(2)13(3,4)18-14(17-12)8-5-9(15)11-10(6-8)19-7-16-11;1-9(2)10(3,4)16-13(15-9)14-17-11(5,6)12(7,8)18-14;1-14-3-2-5(13-14)7-8(9)11-4-6(10)12-7;8-3-1-4(9)6-5(2-3)12-7(10)11-6;8-4-1-5(9)7-6(2-4)11-3-10-7;7-3-1-4(8)6(9)5(10)2-3;7-4-1-2-6(9)5(8)3-4/h2-7H,1H3,(H2,17,20);5-7H,1-4H3;1-8H3;2-4H,1H3,(H2,10,12);1-2H,(H2,10,11);1-3H;1-2,10H,9H2;1-3H,9H2. The first kappa shape index (κ1) is 93.0. The van der Waals surface area contributed by atoms with Crippen molar-refractivity contribution in [2.24, 2.45) is 14.1 Å². The van der Waals surface area contributed by atoms with Crippen LogP contribution in [0.1, 0.15) is 83.1 Å². The quantitative estimate of drug-likeness (QED) is 0.0530. The monoisotopic (exact) mass is 2050 g/mol. The van der Waals surface area contributed by atoms with Gasteiger partial charge in [0.15, 0.2) is 10.3 Å². The summed E-state index contributed by atoms with van der Waals surface area (Å²) in [5, 5.41) is 13.1. The first-order valence-electron chi connectivity index (χ1n) is 34.6. The van der Waals surface area contributed by atoms with Gasteiger partial charge >= 0.3 is 21.1 Å². The molecule has 42 heteroatoms. The third-order valence-corrected chi connectivity index (χ3v) is 26.1. The van der Waals surface area contributed by atoms with Crippen LogP contribution in [0.5, 0.6) is 0 Å². The van der Waals surface area contributed by atoms with E-state index in [9.17, 15) is 0 Å². The van der Waals surface area contributed by atoms with E-state index < -0.39 is 14.0 Å². The lowest BCUT2D eigenvalue weighted by Gasteiger charge is -2.32. The van der Waals surface area contributed by atoms with Crippen molar-refractivity contribution in [1.82, 2.24) is 59.4 Å². The summed E-state index contributed by atoms with van der Waals surface area (Å²) in [6.45, 7) is 24.4. The van der Waals surface area contributed by atoms with Crippen LogP contribution in [0.4, 0.5) is 28.1 Å². The van der Waals surface area contributed by atoms with Gasteiger partial charge in [-0.3, -0.25) is 14.3 Å². The number of rotatable bonds is 5. The lowest BCUT2D eigenvalue weighted by Crippen LogP contribution is -2.41. The third-order valence-electron chi connectivity index (χ3n) is 18.6. The van der Waals surface area contributed by atoms with Crippen molar-refractivity contribution in [3.63, 3.8) is 0 Å². The number of nitrogens with zero attached hydrogens (tertiary/aromatic N) is 12. The second kappa shape index (κ2) is 38.4. The van der Waals surface area contributed by atoms with Crippen LogP contribution in [-0.2, 0) is 42.0 Å². The molecule has 0 radical (unpaired) electrons. The summed E-state index contributed by atoms with van der Waals surface area (Å²) in [6, 6.07) is 28.0. The summed E-state index contributed by atoms with van der Waals surface area (Å²) >= 11 is 65.1. The average Bonchev–Trinajstić information content (AvgIpc) is 1.71. The van der Waals surface area contributed by atoms with Crippen molar-refractivity contribution in [3.05, 3.63) is 185 Å². The highest BCUT2D eigenvalue weighted by molar-refractivity contribution is 9.11. The van der Waals surface area contributed by atoms with E-state index in [1.165, 1.54) is 35.1 Å². The van der Waals surface area contributed by atoms with E-state index in [0.29, 0.717) is 96.8 Å². The summed E-state index contributed by atoms with van der Waals surface area (Å²) in [6.07, 6.45) is 6.60. The Kier molecular flexibility index (Phi) is 30.8. The zero-order chi connectivity index (χ0) is 85.1. The Morgan fingerprint density at radius 1 is 0.414 bits per heavy atom. The van der Waals surface area contributed by atoms with Crippen LogP contribution in [-0.4, -0.2) is 114 Å². The molecule has 23 nitrogen and oxygen atoms in total. The highest BCUT2D eigenvalue weighted by Gasteiger charge is 2.64. The van der Waals surface area contributed by atoms with Crippen LogP contribution in [0.15, 0.2) is 155 Å². The fraction of sp³-hybridized carbons (Fsp3) is 0.270. The Labute approximate surface area is 761 Å². The lowest BCUT2D eigenvalue weighted by molar-refractivity contribution is 0.00578. The van der Waals surface area contributed by atoms with E-state index in [2.05, 4.69) is 126 Å². The Balaban J connectivity index is 0.000000143. The molecule has 11 heterocycles. The number of hydrogen-bond donors (Lipinski definition) is 6. The molecule has 0 bridgehead atoms. The molecule has 17 rings (SSSR count). The Hall–Kier alpha value is -5.29. The summed E-state index contributed by atoms with van der Waals surface area (Å²) < 4.78 is 47.2. The summed E-state index contributed by atoms with van der Waals surface area (Å²) in [5.74, 6) is 0.675. The number of aryl methyl sites for hydroxylation is 2. The van der Waals surface area contributed by atoms with Crippen LogP contribution >= 0.6 is 203 Å². The molecule has 0 unspecified atom stereocenters. The van der Waals surface area contributed by atoms with E-state index in [-0.39, 0.29) is 40.7 Å². The molecule has 3 fully saturated rings. The van der Waals surface area contributed by atoms with Gasteiger partial charge in [0.25, 0.3) is 0 Å². The van der Waals surface area contributed by atoms with Crippen LogP contribution in [0, 0.1) is 0 Å². The highest BCUT2D eigenvalue weighted by Crippen LogP contribution is 2.45. The molecule has 608 valence electrons. The SMILES string of the molecule is CC1(C)OB(B2OC(C)(C)C(C)(C)O2)OC1(C)C.CC1(C)OB(c2cc(Cl)c3ncsc3c2)OC1(C)C.Clc1cc(Br)cc2scnc12.Cn1ccc(-c2nc(N)cnc2-c2cc(Cl)c3ncsc3c2)n1.Cn1ccc(-c2nc(N)cnc2Cl)n1.Nc1c(S)cc(Br)cc1Cl.Nc1ccc(Br)cc1Cl.Nc1nc2c(Cl)cc(Br)cc2s1. The molecule has 6 aromatic carbocycles. The van der Waals surface area contributed by atoms with Crippen LogP contribution in [0.3, 0.4) is 0 Å². The average molecular weight is 2060 g/mol. The fourth-order valence-corrected chi connectivity index (χ4v) is 18.5. The topological polar surface area (TPSA) is 324 Å². The number of halogens is 11. The Morgan fingerprint density at radius 2 is 0.828 bits per heavy atom. The molecule has 0 atom stereocenters. The van der Waals surface area contributed by atoms with Crippen LogP contribution in [0.25, 0.3) is 74.9 Å². The number of thiazole rings is 4. The van der Waals surface area contributed by atoms with Crippen molar-refractivity contribution >= 4 is 299 Å². The normalized spacial score (nSPS) is 15.7. The second-order valence-corrected chi connectivity index (χ2v) is 39.4. The molecule has 8 aromatic heterocycles. The van der Waals surface area contributed by atoms with Gasteiger partial charge in [0, 0.05) is 54.8 Å². The largest absolute Gasteiger partial charge is 0.494 e. The van der Waals surface area contributed by atoms with Crippen molar-refractivity contribution < 1.29 is 27.9 Å². The van der Waals surface area contributed by atoms with E-state index in [0.717, 1.165) is 69.8 Å². The number of aromatic nitrogens is 12. The maximum atomic E-state index is 6.34. The summed E-state index contributed by atoms with van der Waals surface area (Å²) in [4.78, 5) is 34.3. The molecule has 3 aliphatic rings. The first-order chi connectivity index (χ1) is 54.2. The number of anilines is 5. The van der Waals surface area contributed by atoms with E-state index in [4.69, 9.17) is 138 Å². The number of thiol groups is 1. The van der Waals surface area contributed by atoms with Crippen molar-refractivity contribution in [2.75, 3.05) is 28.7 Å². The van der Waals surface area contributed by atoms with Gasteiger partial charge < -0.3 is 56.6 Å². The van der Waals surface area contributed by atoms with Gasteiger partial charge in [-0.1, -0.05) is 156 Å². The minimum Gasteiger partial charge on any atom is -0.405 e. The molecule has 0 saturated carbocycles. The van der Waals surface area contributed by atoms with Gasteiger partial charge in [0.05, 0.1) is 145 Å². The number of fused-ring (bicyclic) bond motifs is 4. The first-order valence-corrected chi connectivity index (χ1v) is 44.3. The van der Waals surface area contributed by atoms with Crippen LogP contribution < -0.4 is 34.1 Å². The van der Waals surface area contributed by atoms with E-state index in [1.807, 2.05) is 164 Å². The molecule has 3 aliphatic heterocycles. The zero-order valence-corrected chi connectivity index (χ0v) is 80.2. The van der Waals surface area contributed by atoms with Gasteiger partial charge in [-0.15, -0.1) is 46.6 Å². The predicted molar refractivity (Wildman–Crippen MR) is 502 cm³/mol. The summed E-state index contributed by atoms with van der Waals surface area (Å²) in [7, 11) is 2.33. The van der Waals surface area contributed by atoms with E-state index in [1.54, 1.807) is 85.1 Å². The molecular formula is C74H75B3Br4Cl7N17O6S5. The zero-order valence-electron chi connectivity index (χ0n) is 64.4. The number of nitrogens with two attached hydrogens (primary N) is 5. The second-order valence-electron chi connectivity index (χ2n) is 28.7. The molecule has 10 N–H and O–H groups in total. The van der Waals surface area contributed by atoms with Gasteiger partial charge in [0.2, 0.25) is 0 Å². The third kappa shape index (κ3) is 22.9. The maximum absolute atomic E-state index is 6.34. The smallest absolute Gasteiger partial charge is 0.405 e.